The molecule has 0 saturated heterocycles. The van der Waals surface area contributed by atoms with Crippen molar-refractivity contribution in [1.29, 1.82) is 0 Å². The topological polar surface area (TPSA) is 9.23 Å². The van der Waals surface area contributed by atoms with Gasteiger partial charge in [0, 0.05) is 0 Å². The molecule has 0 fully saturated rings. The minimum atomic E-state index is -2.30. The van der Waals surface area contributed by atoms with Gasteiger partial charge in [-0.3, -0.25) is 0 Å². The Labute approximate surface area is 210 Å². The van der Waals surface area contributed by atoms with Gasteiger partial charge in [-0.1, -0.05) is 0 Å². The summed E-state index contributed by atoms with van der Waals surface area (Å²) in [6.45, 7) is 4.74. The van der Waals surface area contributed by atoms with Crippen molar-refractivity contribution in [2.45, 2.75) is 0 Å². The van der Waals surface area contributed by atoms with E-state index in [9.17, 15) is 0 Å². The van der Waals surface area contributed by atoms with Gasteiger partial charge in [-0.2, -0.15) is 0 Å². The number of hydrogen-bond donors (Lipinski definition) is 0. The van der Waals surface area contributed by atoms with Gasteiger partial charge in [0.2, 0.25) is 0 Å². The molecule has 0 saturated carbocycles. The molecule has 35 heavy (non-hydrogen) atoms. The first-order valence-electron chi connectivity index (χ1n) is 11.9. The Morgan fingerprint density at radius 2 is 0.971 bits per heavy atom. The van der Waals surface area contributed by atoms with Crippen LogP contribution in [-0.2, 0) is 0 Å². The molecule has 0 bridgehead atoms. The first kappa shape index (κ1) is 23.5. The molecular weight excluding hydrogens is 462 g/mol. The summed E-state index contributed by atoms with van der Waals surface area (Å²) in [5.41, 5.74) is 0. The van der Waals surface area contributed by atoms with Crippen LogP contribution in [0.15, 0.2) is 140 Å². The fourth-order valence-electron chi connectivity index (χ4n) is 4.72. The fourth-order valence-corrected chi connectivity index (χ4v) is 10.1. The van der Waals surface area contributed by atoms with E-state index in [2.05, 4.69) is 153 Å². The maximum atomic E-state index is 6.82. The Morgan fingerprint density at radius 3 is 1.57 bits per heavy atom. The second-order valence-electron chi connectivity index (χ2n) is 8.82. The zero-order valence-corrected chi connectivity index (χ0v) is 22.0. The second kappa shape index (κ2) is 10.6. The molecule has 0 aliphatic carbocycles. The van der Waals surface area contributed by atoms with Crippen molar-refractivity contribution in [3.05, 3.63) is 140 Å². The zero-order valence-electron chi connectivity index (χ0n) is 20.1. The average Bonchev–Trinajstić information content (AvgIpc) is 2.94. The van der Waals surface area contributed by atoms with Gasteiger partial charge in [0.25, 0.3) is 0 Å². The van der Waals surface area contributed by atoms with Crippen molar-refractivity contribution in [3.8, 4) is 11.5 Å². The van der Waals surface area contributed by atoms with Crippen molar-refractivity contribution >= 4 is 41.7 Å². The Bertz CT molecular complexity index is 1350. The molecule has 5 rings (SSSR count). The van der Waals surface area contributed by atoms with Crippen LogP contribution in [0.3, 0.4) is 0 Å². The van der Waals surface area contributed by atoms with Gasteiger partial charge in [0.05, 0.1) is 0 Å². The Morgan fingerprint density at radius 1 is 0.514 bits per heavy atom. The predicted octanol–water partition coefficient (Wildman–Crippen LogP) is 6.20. The molecule has 1 nitrogen and oxygen atoms in total. The summed E-state index contributed by atoms with van der Waals surface area (Å²) in [5, 5.41) is 6.63. The molecule has 0 radical (unpaired) electrons. The van der Waals surface area contributed by atoms with E-state index >= 15 is 0 Å². The predicted molar refractivity (Wildman–Crippen MR) is 158 cm³/mol. The number of ether oxygens (including phenoxy) is 1. The molecule has 0 aliphatic heterocycles. The molecule has 0 aliphatic rings. The van der Waals surface area contributed by atoms with E-state index in [1.54, 1.807) is 0 Å². The first-order valence-corrected chi connectivity index (χ1v) is 16.2. The maximum absolute atomic E-state index is 6.82. The van der Waals surface area contributed by atoms with Crippen molar-refractivity contribution < 1.29 is 4.74 Å². The van der Waals surface area contributed by atoms with Crippen LogP contribution in [-0.4, -0.2) is 13.3 Å². The molecule has 0 aromatic heterocycles. The summed E-state index contributed by atoms with van der Waals surface area (Å²) in [4.78, 5) is 0. The van der Waals surface area contributed by atoms with Crippen molar-refractivity contribution in [2.24, 2.45) is 0 Å². The van der Waals surface area contributed by atoms with Crippen LogP contribution in [0.1, 0.15) is 0 Å². The van der Waals surface area contributed by atoms with Crippen LogP contribution < -0.4 is 31.3 Å². The first-order chi connectivity index (χ1) is 17.2. The van der Waals surface area contributed by atoms with Crippen molar-refractivity contribution in [3.63, 3.8) is 0 Å². The van der Waals surface area contributed by atoms with Gasteiger partial charge in [-0.25, -0.2) is 0 Å². The summed E-state index contributed by atoms with van der Waals surface area (Å²) in [6, 6.07) is 49.7. The molecule has 0 amide bonds. The van der Waals surface area contributed by atoms with Gasteiger partial charge in [-0.15, -0.1) is 0 Å². The standard InChI is InChI=1S/C32H30OP2/c1-34(26-16-6-3-7-17-26)31-24-14-12-22-29(31)33-30-23-13-15-25-32(30)35(2,27-18-8-4-9-19-27)28-20-10-5-11-21-28/h3-25,35H,1-2H3/t34-/m0/s1. The number of para-hydroxylation sites is 2. The van der Waals surface area contributed by atoms with Crippen LogP contribution in [0.25, 0.3) is 0 Å². The van der Waals surface area contributed by atoms with E-state index in [0.717, 1.165) is 11.5 Å². The summed E-state index contributed by atoms with van der Waals surface area (Å²) >= 11 is 0. The molecule has 0 spiro atoms. The van der Waals surface area contributed by atoms with Gasteiger partial charge >= 0.3 is 211 Å². The van der Waals surface area contributed by atoms with Gasteiger partial charge < -0.3 is 0 Å². The van der Waals surface area contributed by atoms with E-state index in [1.165, 1.54) is 26.5 Å². The summed E-state index contributed by atoms with van der Waals surface area (Å²) in [6.07, 6.45) is 0. The molecule has 1 atom stereocenters. The SMILES string of the molecule is C[P@@](c1ccccc1)c1ccccc1Oc1ccccc1[PH](C)(c1ccccc1)c1ccccc1. The van der Waals surface area contributed by atoms with Crippen LogP contribution in [0.2, 0.25) is 0 Å². The van der Waals surface area contributed by atoms with E-state index in [-0.39, 0.29) is 0 Å². The summed E-state index contributed by atoms with van der Waals surface area (Å²) < 4.78 is 6.82. The molecule has 3 heteroatoms. The van der Waals surface area contributed by atoms with Gasteiger partial charge in [-0.05, 0) is 0 Å². The van der Waals surface area contributed by atoms with Crippen LogP contribution in [0.4, 0.5) is 0 Å². The number of rotatable bonds is 7. The molecule has 0 N–H and O–H groups in total. The Balaban J connectivity index is 1.62. The van der Waals surface area contributed by atoms with E-state index < -0.39 is 15.2 Å². The third kappa shape index (κ3) is 4.81. The van der Waals surface area contributed by atoms with Crippen molar-refractivity contribution in [1.82, 2.24) is 0 Å². The van der Waals surface area contributed by atoms with Crippen LogP contribution in [0, 0.1) is 0 Å². The Hall–Kier alpha value is -3.24. The zero-order chi connectivity index (χ0) is 24.1. The Kier molecular flexibility index (Phi) is 7.10. The molecule has 5 aromatic rings. The van der Waals surface area contributed by atoms with Crippen LogP contribution in [0.5, 0.6) is 11.5 Å². The molecule has 174 valence electrons. The monoisotopic (exact) mass is 492 g/mol. The molecule has 5 aromatic carbocycles. The molecule has 0 unspecified atom stereocenters. The van der Waals surface area contributed by atoms with Gasteiger partial charge in [0.1, 0.15) is 0 Å². The normalized spacial score (nSPS) is 12.6. The third-order valence-electron chi connectivity index (χ3n) is 6.72. The number of benzene rings is 5. The van der Waals surface area contributed by atoms with Crippen LogP contribution >= 0.6 is 15.2 Å². The van der Waals surface area contributed by atoms with E-state index in [4.69, 9.17) is 4.74 Å². The van der Waals surface area contributed by atoms with E-state index in [1.807, 2.05) is 0 Å². The summed E-state index contributed by atoms with van der Waals surface area (Å²) in [5.74, 6) is 1.88. The number of hydrogen-bond acceptors (Lipinski definition) is 1. The fraction of sp³-hybridized carbons (Fsp3) is 0.0625. The average molecular weight is 493 g/mol. The molecule has 0 heterocycles. The van der Waals surface area contributed by atoms with E-state index in [0.29, 0.717) is 0 Å². The summed E-state index contributed by atoms with van der Waals surface area (Å²) in [7, 11) is -2.83. The van der Waals surface area contributed by atoms with Crippen molar-refractivity contribution in [2.75, 3.05) is 13.3 Å². The second-order valence-corrected chi connectivity index (χ2v) is 14.9. The molecular formula is C32H30OP2. The van der Waals surface area contributed by atoms with Gasteiger partial charge in [0.15, 0.2) is 0 Å². The third-order valence-corrected chi connectivity index (χ3v) is 13.3. The quantitative estimate of drug-likeness (QED) is 0.246. The minimum absolute atomic E-state index is 0.527.